The largest absolute Gasteiger partial charge is 0.496 e. The van der Waals surface area contributed by atoms with Gasteiger partial charge in [-0.05, 0) is 39.8 Å². The smallest absolute Gasteiger partial charge is 0.128 e. The molecule has 1 N–H and O–H groups in total. The second-order valence-corrected chi connectivity index (χ2v) is 5.66. The van der Waals surface area contributed by atoms with Crippen molar-refractivity contribution in [3.8, 4) is 5.75 Å². The number of aromatic nitrogens is 1. The molecule has 0 aliphatic carbocycles. The summed E-state index contributed by atoms with van der Waals surface area (Å²) in [4.78, 5) is 7.20. The summed E-state index contributed by atoms with van der Waals surface area (Å²) in [5.74, 6) is 0.982. The van der Waals surface area contributed by atoms with E-state index in [0.29, 0.717) is 6.04 Å². The lowest BCUT2D eigenvalue weighted by atomic mass is 10.1. The van der Waals surface area contributed by atoms with Gasteiger partial charge in [0.05, 0.1) is 12.8 Å². The minimum atomic E-state index is 0.642. The topological polar surface area (TPSA) is 37.4 Å². The molecule has 0 bridgehead atoms. The maximum atomic E-state index is 5.51. The normalized spacial score (nSPS) is 18.8. The van der Waals surface area contributed by atoms with E-state index in [-0.39, 0.29) is 0 Å². The van der Waals surface area contributed by atoms with Crippen molar-refractivity contribution in [1.82, 2.24) is 15.2 Å². The van der Waals surface area contributed by atoms with E-state index < -0.39 is 0 Å². The van der Waals surface area contributed by atoms with Crippen LogP contribution in [-0.2, 0) is 6.54 Å². The lowest BCUT2D eigenvalue weighted by Crippen LogP contribution is -2.37. The molecule has 1 aliphatic heterocycles. The molecule has 0 amide bonds. The Morgan fingerprint density at radius 1 is 1.45 bits per heavy atom. The number of hydrogen-bond acceptors (Lipinski definition) is 4. The molecular formula is C16H27N3O. The Bertz CT molecular complexity index is 442. The number of rotatable bonds is 6. The highest BCUT2D eigenvalue weighted by molar-refractivity contribution is 5.41. The van der Waals surface area contributed by atoms with Crippen molar-refractivity contribution in [1.29, 1.82) is 0 Å². The molecule has 1 atom stereocenters. The molecule has 1 aliphatic rings. The maximum absolute atomic E-state index is 5.51. The molecule has 4 nitrogen and oxygen atoms in total. The lowest BCUT2D eigenvalue weighted by molar-refractivity contribution is 0.196. The molecule has 0 radical (unpaired) electrons. The third-order valence-corrected chi connectivity index (χ3v) is 4.16. The highest BCUT2D eigenvalue weighted by Gasteiger charge is 2.23. The second kappa shape index (κ2) is 7.04. The first-order valence-corrected chi connectivity index (χ1v) is 7.61. The first kappa shape index (κ1) is 15.3. The Labute approximate surface area is 122 Å². The fourth-order valence-corrected chi connectivity index (χ4v) is 3.05. The number of nitrogens with one attached hydrogen (secondary N) is 1. The van der Waals surface area contributed by atoms with Crippen molar-refractivity contribution in [2.24, 2.45) is 0 Å². The van der Waals surface area contributed by atoms with E-state index in [1.807, 2.05) is 13.1 Å². The summed E-state index contributed by atoms with van der Waals surface area (Å²) >= 11 is 0. The van der Waals surface area contributed by atoms with Crippen LogP contribution in [0.5, 0.6) is 5.75 Å². The minimum Gasteiger partial charge on any atom is -0.496 e. The molecule has 0 saturated carbocycles. The van der Waals surface area contributed by atoms with E-state index in [1.165, 1.54) is 18.4 Å². The molecule has 20 heavy (non-hydrogen) atoms. The Kier molecular flexibility index (Phi) is 5.38. The van der Waals surface area contributed by atoms with Gasteiger partial charge in [-0.3, -0.25) is 9.88 Å². The van der Waals surface area contributed by atoms with Crippen LogP contribution in [0.3, 0.4) is 0 Å². The van der Waals surface area contributed by atoms with Crippen LogP contribution in [0.1, 0.15) is 36.6 Å². The summed E-state index contributed by atoms with van der Waals surface area (Å²) in [6.45, 7) is 10.7. The zero-order valence-electron chi connectivity index (χ0n) is 13.2. The van der Waals surface area contributed by atoms with E-state index >= 15 is 0 Å². The van der Waals surface area contributed by atoms with Crippen LogP contribution in [0.25, 0.3) is 0 Å². The van der Waals surface area contributed by atoms with Crippen LogP contribution in [0.2, 0.25) is 0 Å². The zero-order chi connectivity index (χ0) is 14.5. The van der Waals surface area contributed by atoms with Crippen LogP contribution >= 0.6 is 0 Å². The molecule has 1 saturated heterocycles. The van der Waals surface area contributed by atoms with E-state index in [2.05, 4.69) is 29.0 Å². The quantitative estimate of drug-likeness (QED) is 0.865. The zero-order valence-corrected chi connectivity index (χ0v) is 13.2. The number of nitrogens with zero attached hydrogens (tertiary/aromatic N) is 2. The third kappa shape index (κ3) is 3.30. The summed E-state index contributed by atoms with van der Waals surface area (Å²) in [6.07, 6.45) is 4.35. The first-order valence-electron chi connectivity index (χ1n) is 7.61. The monoisotopic (exact) mass is 277 g/mol. The van der Waals surface area contributed by atoms with Crippen molar-refractivity contribution in [2.75, 3.05) is 26.7 Å². The van der Waals surface area contributed by atoms with Gasteiger partial charge in [-0.15, -0.1) is 0 Å². The van der Waals surface area contributed by atoms with E-state index in [0.717, 1.165) is 43.2 Å². The highest BCUT2D eigenvalue weighted by atomic mass is 16.5. The van der Waals surface area contributed by atoms with Crippen molar-refractivity contribution < 1.29 is 4.74 Å². The van der Waals surface area contributed by atoms with Gasteiger partial charge >= 0.3 is 0 Å². The second-order valence-electron chi connectivity index (χ2n) is 5.66. The van der Waals surface area contributed by atoms with Gasteiger partial charge in [0.15, 0.2) is 0 Å². The fraction of sp³-hybridized carbons (Fsp3) is 0.688. The molecule has 2 rings (SSSR count). The van der Waals surface area contributed by atoms with Crippen LogP contribution in [0.15, 0.2) is 6.20 Å². The van der Waals surface area contributed by atoms with E-state index in [4.69, 9.17) is 4.74 Å². The number of methoxy groups -OCH3 is 1. The fourth-order valence-electron chi connectivity index (χ4n) is 3.05. The Morgan fingerprint density at radius 2 is 2.25 bits per heavy atom. The summed E-state index contributed by atoms with van der Waals surface area (Å²) < 4.78 is 5.51. The number of aryl methyl sites for hydroxylation is 1. The van der Waals surface area contributed by atoms with Crippen LogP contribution < -0.4 is 10.1 Å². The summed E-state index contributed by atoms with van der Waals surface area (Å²) in [5.41, 5.74) is 3.44. The molecule has 1 aromatic heterocycles. The van der Waals surface area contributed by atoms with Gasteiger partial charge in [-0.2, -0.15) is 0 Å². The number of ether oxygens (including phenoxy) is 1. The predicted octanol–water partition coefficient (Wildman–Crippen LogP) is 2.28. The van der Waals surface area contributed by atoms with Crippen molar-refractivity contribution in [3.05, 3.63) is 23.0 Å². The van der Waals surface area contributed by atoms with E-state index in [9.17, 15) is 0 Å². The average Bonchev–Trinajstić information content (AvgIpc) is 2.95. The van der Waals surface area contributed by atoms with Crippen LogP contribution in [0.4, 0.5) is 0 Å². The molecule has 4 heteroatoms. The van der Waals surface area contributed by atoms with Gasteiger partial charge in [0.1, 0.15) is 5.75 Å². The number of pyridine rings is 1. The van der Waals surface area contributed by atoms with Gasteiger partial charge in [-0.25, -0.2) is 0 Å². The van der Waals surface area contributed by atoms with Crippen molar-refractivity contribution in [3.63, 3.8) is 0 Å². The predicted molar refractivity (Wildman–Crippen MR) is 82.2 cm³/mol. The van der Waals surface area contributed by atoms with E-state index in [1.54, 1.807) is 7.11 Å². The maximum Gasteiger partial charge on any atom is 0.128 e. The molecule has 0 spiro atoms. The Hall–Kier alpha value is -1.13. The van der Waals surface area contributed by atoms with Gasteiger partial charge in [0, 0.05) is 36.5 Å². The third-order valence-electron chi connectivity index (χ3n) is 4.16. The van der Waals surface area contributed by atoms with Crippen LogP contribution in [-0.4, -0.2) is 42.7 Å². The molecule has 112 valence electrons. The highest BCUT2D eigenvalue weighted by Crippen LogP contribution is 2.25. The molecule has 0 aromatic carbocycles. The minimum absolute atomic E-state index is 0.642. The van der Waals surface area contributed by atoms with Gasteiger partial charge in [0.2, 0.25) is 0 Å². The van der Waals surface area contributed by atoms with Gasteiger partial charge in [0.25, 0.3) is 0 Å². The van der Waals surface area contributed by atoms with Crippen molar-refractivity contribution >= 4 is 0 Å². The van der Waals surface area contributed by atoms with Gasteiger partial charge < -0.3 is 10.1 Å². The van der Waals surface area contributed by atoms with Gasteiger partial charge in [-0.1, -0.05) is 6.92 Å². The summed E-state index contributed by atoms with van der Waals surface area (Å²) in [5, 5.41) is 3.46. The number of hydrogen-bond donors (Lipinski definition) is 1. The molecular weight excluding hydrogens is 250 g/mol. The molecule has 1 fully saturated rings. The Balaban J connectivity index is 2.17. The first-order chi connectivity index (χ1) is 9.67. The summed E-state index contributed by atoms with van der Waals surface area (Å²) in [7, 11) is 1.74. The standard InChI is InChI=1S/C16H27N3O/c1-5-8-19(14-6-7-17-10-14)11-15-13(3)16(20-4)12(2)9-18-15/h9,14,17H,5-8,10-11H2,1-4H3. The SMILES string of the molecule is CCCN(Cc1ncc(C)c(OC)c1C)C1CCNC1. The van der Waals surface area contributed by atoms with Crippen LogP contribution in [0, 0.1) is 13.8 Å². The Morgan fingerprint density at radius 3 is 2.85 bits per heavy atom. The lowest BCUT2D eigenvalue weighted by Gasteiger charge is -2.28. The average molecular weight is 277 g/mol. The van der Waals surface area contributed by atoms with Crippen molar-refractivity contribution in [2.45, 2.75) is 46.2 Å². The summed E-state index contributed by atoms with van der Waals surface area (Å²) in [6, 6.07) is 0.642. The molecule has 1 unspecified atom stereocenters. The molecule has 1 aromatic rings. The molecule has 2 heterocycles.